The summed E-state index contributed by atoms with van der Waals surface area (Å²) in [5.74, 6) is -0.813. The van der Waals surface area contributed by atoms with E-state index in [9.17, 15) is 14.4 Å². The minimum atomic E-state index is -0.449. The maximum Gasteiger partial charge on any atom is 0.258 e. The molecule has 0 fully saturated rings. The Morgan fingerprint density at radius 2 is 1.76 bits per heavy atom. The van der Waals surface area contributed by atoms with Crippen molar-refractivity contribution in [3.05, 3.63) is 81.3 Å². The molecule has 10 heteroatoms. The molecule has 0 saturated heterocycles. The molecule has 0 aliphatic rings. The lowest BCUT2D eigenvalue weighted by molar-refractivity contribution is -0.114. The van der Waals surface area contributed by atoms with Crippen molar-refractivity contribution in [1.29, 1.82) is 0 Å². The van der Waals surface area contributed by atoms with E-state index in [1.807, 2.05) is 0 Å². The van der Waals surface area contributed by atoms with E-state index in [0.717, 1.165) is 16.9 Å². The van der Waals surface area contributed by atoms with E-state index in [1.165, 1.54) is 13.0 Å². The third kappa shape index (κ3) is 6.79. The number of nitrogens with one attached hydrogen (secondary N) is 3. The maximum absolute atomic E-state index is 12.6. The molecule has 0 atom stereocenters. The summed E-state index contributed by atoms with van der Waals surface area (Å²) in [6.45, 7) is 3.16. The van der Waals surface area contributed by atoms with Crippen LogP contribution in [0.2, 0.25) is 5.02 Å². The van der Waals surface area contributed by atoms with Gasteiger partial charge in [0.15, 0.2) is 16.0 Å². The largest absolute Gasteiger partial charge is 0.326 e. The summed E-state index contributed by atoms with van der Waals surface area (Å²) in [7, 11) is 0. The number of hydrogen-bond acceptors (Lipinski definition) is 6. The number of thiocarbonyl (C=S) groups is 1. The van der Waals surface area contributed by atoms with Crippen molar-refractivity contribution >= 4 is 74.8 Å². The average molecular weight is 499 g/mol. The highest BCUT2D eigenvalue weighted by atomic mass is 35.5. The first-order chi connectivity index (χ1) is 15.7. The Balaban J connectivity index is 1.62. The first-order valence-electron chi connectivity index (χ1n) is 9.67. The van der Waals surface area contributed by atoms with Gasteiger partial charge in [0.25, 0.3) is 5.91 Å². The van der Waals surface area contributed by atoms with E-state index in [1.54, 1.807) is 61.5 Å². The molecule has 2 amide bonds. The molecule has 0 radical (unpaired) electrons. The summed E-state index contributed by atoms with van der Waals surface area (Å²) in [6, 6.07) is 13.7. The minimum absolute atomic E-state index is 0.0440. The molecule has 0 saturated carbocycles. The number of nitrogens with zero attached hydrogens (tertiary/aromatic N) is 1. The van der Waals surface area contributed by atoms with Crippen LogP contribution in [0.5, 0.6) is 0 Å². The molecule has 33 heavy (non-hydrogen) atoms. The van der Waals surface area contributed by atoms with E-state index < -0.39 is 5.91 Å². The van der Waals surface area contributed by atoms with Gasteiger partial charge in [-0.1, -0.05) is 53.3 Å². The number of thiazole rings is 1. The van der Waals surface area contributed by atoms with Gasteiger partial charge in [0.2, 0.25) is 5.91 Å². The molecule has 1 heterocycles. The Labute approximate surface area is 204 Å². The Kier molecular flexibility index (Phi) is 8.05. The minimum Gasteiger partial charge on any atom is -0.326 e. The summed E-state index contributed by atoms with van der Waals surface area (Å²) in [4.78, 5) is 40.8. The molecule has 0 aliphatic heterocycles. The summed E-state index contributed by atoms with van der Waals surface area (Å²) >= 11 is 12.3. The monoisotopic (exact) mass is 498 g/mol. The number of allylic oxidation sites excluding steroid dienone is 1. The van der Waals surface area contributed by atoms with Gasteiger partial charge in [-0.15, -0.1) is 0 Å². The third-order valence-corrected chi connectivity index (χ3v) is 5.87. The molecule has 3 N–H and O–H groups in total. The fraction of sp³-hybridized carbons (Fsp3) is 0.0870. The average Bonchev–Trinajstić information content (AvgIpc) is 3.12. The highest BCUT2D eigenvalue weighted by Crippen LogP contribution is 2.24. The number of halogens is 1. The van der Waals surface area contributed by atoms with E-state index in [-0.39, 0.29) is 16.8 Å². The topological polar surface area (TPSA) is 100 Å². The van der Waals surface area contributed by atoms with Crippen LogP contribution in [0.4, 0.5) is 10.8 Å². The predicted molar refractivity (Wildman–Crippen MR) is 136 cm³/mol. The Morgan fingerprint density at radius 3 is 2.42 bits per heavy atom. The van der Waals surface area contributed by atoms with Crippen LogP contribution in [0.15, 0.2) is 54.6 Å². The van der Waals surface area contributed by atoms with Crippen molar-refractivity contribution in [3.63, 3.8) is 0 Å². The van der Waals surface area contributed by atoms with E-state index in [2.05, 4.69) is 20.9 Å². The number of ketones is 1. The summed E-state index contributed by atoms with van der Waals surface area (Å²) in [5, 5.41) is 8.80. The van der Waals surface area contributed by atoms with Crippen LogP contribution < -0.4 is 16.0 Å². The molecular weight excluding hydrogens is 480 g/mol. The number of carbonyl (C=O) groups is 3. The van der Waals surface area contributed by atoms with Crippen molar-refractivity contribution in [3.8, 4) is 0 Å². The number of carbonyl (C=O) groups excluding carboxylic acids is 3. The number of anilines is 2. The Bertz CT molecular complexity index is 1250. The first kappa shape index (κ1) is 24.2. The standard InChI is InChI=1S/C23H19ClN4O3S2/c1-13-20(19(30)12-9-15-7-10-16(11-8-15)26-14(2)29)33-23(25-13)28-22(32)27-21(31)17-5-3-4-6-18(17)24/h3-12H,1-2H3,(H,26,29)(H2,25,27,28,31,32). The Hall–Kier alpha value is -3.40. The first-order valence-corrected chi connectivity index (χ1v) is 11.3. The van der Waals surface area contributed by atoms with Crippen molar-refractivity contribution in [2.75, 3.05) is 10.6 Å². The fourth-order valence-electron chi connectivity index (χ4n) is 2.75. The van der Waals surface area contributed by atoms with Crippen LogP contribution in [-0.2, 0) is 4.79 Å². The van der Waals surface area contributed by atoms with Gasteiger partial charge in [0, 0.05) is 12.6 Å². The van der Waals surface area contributed by atoms with Gasteiger partial charge >= 0.3 is 0 Å². The number of aromatic nitrogens is 1. The number of hydrogen-bond donors (Lipinski definition) is 3. The van der Waals surface area contributed by atoms with Crippen molar-refractivity contribution < 1.29 is 14.4 Å². The van der Waals surface area contributed by atoms with E-state index in [4.69, 9.17) is 23.8 Å². The second-order valence-electron chi connectivity index (χ2n) is 6.82. The molecule has 0 bridgehead atoms. The highest BCUT2D eigenvalue weighted by molar-refractivity contribution is 7.80. The second-order valence-corrected chi connectivity index (χ2v) is 8.64. The number of benzene rings is 2. The van der Waals surface area contributed by atoms with Crippen molar-refractivity contribution in [2.45, 2.75) is 13.8 Å². The zero-order valence-corrected chi connectivity index (χ0v) is 20.0. The molecule has 7 nitrogen and oxygen atoms in total. The molecular formula is C23H19ClN4O3S2. The fourth-order valence-corrected chi connectivity index (χ4v) is 4.12. The molecule has 0 spiro atoms. The van der Waals surface area contributed by atoms with Crippen LogP contribution in [-0.4, -0.2) is 27.7 Å². The van der Waals surface area contributed by atoms with Gasteiger partial charge in [-0.25, -0.2) is 4.98 Å². The zero-order chi connectivity index (χ0) is 24.0. The molecule has 168 valence electrons. The quantitative estimate of drug-likeness (QED) is 0.249. The lowest BCUT2D eigenvalue weighted by atomic mass is 10.1. The SMILES string of the molecule is CC(=O)Nc1ccc(C=CC(=O)c2sc(NC(=S)NC(=O)c3ccccc3Cl)nc2C)cc1. The summed E-state index contributed by atoms with van der Waals surface area (Å²) < 4.78 is 0. The third-order valence-electron chi connectivity index (χ3n) is 4.24. The lowest BCUT2D eigenvalue weighted by Crippen LogP contribution is -2.34. The van der Waals surface area contributed by atoms with Crippen LogP contribution in [0.25, 0.3) is 6.08 Å². The molecule has 3 aromatic rings. The Morgan fingerprint density at radius 1 is 1.06 bits per heavy atom. The van der Waals surface area contributed by atoms with Crippen LogP contribution >= 0.6 is 35.2 Å². The maximum atomic E-state index is 12.6. The number of amides is 2. The van der Waals surface area contributed by atoms with E-state index in [0.29, 0.717) is 32.0 Å². The van der Waals surface area contributed by atoms with Crippen molar-refractivity contribution in [2.24, 2.45) is 0 Å². The highest BCUT2D eigenvalue weighted by Gasteiger charge is 2.16. The lowest BCUT2D eigenvalue weighted by Gasteiger charge is -2.08. The summed E-state index contributed by atoms with van der Waals surface area (Å²) in [6.07, 6.45) is 3.13. The zero-order valence-electron chi connectivity index (χ0n) is 17.6. The predicted octanol–water partition coefficient (Wildman–Crippen LogP) is 5.09. The van der Waals surface area contributed by atoms with Crippen LogP contribution in [0.1, 0.15) is 38.2 Å². The summed E-state index contributed by atoms with van der Waals surface area (Å²) in [5.41, 5.74) is 2.32. The molecule has 0 aliphatic carbocycles. The molecule has 0 unspecified atom stereocenters. The molecule has 3 rings (SSSR count). The van der Waals surface area contributed by atoms with Crippen LogP contribution in [0, 0.1) is 6.92 Å². The van der Waals surface area contributed by atoms with Gasteiger partial charge in [-0.05, 0) is 55.0 Å². The van der Waals surface area contributed by atoms with E-state index >= 15 is 0 Å². The van der Waals surface area contributed by atoms with Crippen LogP contribution in [0.3, 0.4) is 0 Å². The number of rotatable bonds is 6. The molecule has 2 aromatic carbocycles. The number of aryl methyl sites for hydroxylation is 1. The van der Waals surface area contributed by atoms with Gasteiger partial charge in [-0.3, -0.25) is 19.7 Å². The smallest absolute Gasteiger partial charge is 0.258 e. The molecule has 1 aromatic heterocycles. The van der Waals surface area contributed by atoms with Gasteiger partial charge in [-0.2, -0.15) is 0 Å². The van der Waals surface area contributed by atoms with Gasteiger partial charge in [0.1, 0.15) is 0 Å². The second kappa shape index (κ2) is 11.0. The van der Waals surface area contributed by atoms with Gasteiger partial charge < -0.3 is 10.6 Å². The normalized spacial score (nSPS) is 10.6. The van der Waals surface area contributed by atoms with Gasteiger partial charge in [0.05, 0.1) is 21.2 Å². The van der Waals surface area contributed by atoms with Crippen molar-refractivity contribution in [1.82, 2.24) is 10.3 Å².